The predicted octanol–water partition coefficient (Wildman–Crippen LogP) is 1.82. The van der Waals surface area contributed by atoms with Crippen LogP contribution in [0.5, 0.6) is 5.88 Å². The molecule has 0 aliphatic heterocycles. The second kappa shape index (κ2) is 7.71. The lowest BCUT2D eigenvalue weighted by Gasteiger charge is -2.13. The summed E-state index contributed by atoms with van der Waals surface area (Å²) in [5.41, 5.74) is -2.06. The van der Waals surface area contributed by atoms with Gasteiger partial charge < -0.3 is 10.4 Å². The highest BCUT2D eigenvalue weighted by molar-refractivity contribution is 6.05. The van der Waals surface area contributed by atoms with Gasteiger partial charge in [-0.05, 0) is 18.6 Å². The summed E-state index contributed by atoms with van der Waals surface area (Å²) < 4.78 is 39.2. The number of hydrogen-bond acceptors (Lipinski definition) is 5. The molecule has 28 heavy (non-hydrogen) atoms. The Morgan fingerprint density at radius 2 is 1.79 bits per heavy atom. The molecule has 8 nitrogen and oxygen atoms in total. The van der Waals surface area contributed by atoms with Crippen molar-refractivity contribution in [3.8, 4) is 5.88 Å². The van der Waals surface area contributed by atoms with Crippen molar-refractivity contribution in [2.24, 2.45) is 19.1 Å². The average Bonchev–Trinajstić information content (AvgIpc) is 2.64. The number of carbonyl (C=O) groups excluding carboxylic acids is 1. The molecule has 0 bridgehead atoms. The second-order valence-electron chi connectivity index (χ2n) is 5.79. The van der Waals surface area contributed by atoms with Crippen LogP contribution in [0.2, 0.25) is 0 Å². The molecule has 1 amide bonds. The van der Waals surface area contributed by atoms with Crippen molar-refractivity contribution in [3.63, 3.8) is 0 Å². The third kappa shape index (κ3) is 3.97. The fourth-order valence-electron chi connectivity index (χ4n) is 2.41. The van der Waals surface area contributed by atoms with Gasteiger partial charge in [-0.3, -0.25) is 23.7 Å². The van der Waals surface area contributed by atoms with E-state index >= 15 is 0 Å². The lowest BCUT2D eigenvalue weighted by atomic mass is 10.1. The van der Waals surface area contributed by atoms with E-state index < -0.39 is 29.2 Å². The number of aliphatic imine (C=N–C) groups is 1. The number of carbonyl (C=O) groups is 1. The minimum absolute atomic E-state index is 0.0300. The van der Waals surface area contributed by atoms with Crippen molar-refractivity contribution in [3.05, 3.63) is 50.7 Å². The number of aromatic hydroxyl groups is 1. The summed E-state index contributed by atoms with van der Waals surface area (Å²) in [6.45, 7) is 1.61. The lowest BCUT2D eigenvalue weighted by Crippen LogP contribution is -2.40. The van der Waals surface area contributed by atoms with E-state index in [1.54, 1.807) is 12.2 Å². The maximum atomic E-state index is 12.5. The Morgan fingerprint density at radius 3 is 2.36 bits per heavy atom. The number of rotatable bonds is 4. The first-order chi connectivity index (χ1) is 13.0. The topological polar surface area (TPSA) is 106 Å². The molecule has 0 aliphatic rings. The maximum Gasteiger partial charge on any atom is 0.471 e. The van der Waals surface area contributed by atoms with Gasteiger partial charge in [0.05, 0.1) is 17.1 Å². The molecule has 2 N–H and O–H groups in total. The number of alkyl halides is 3. The van der Waals surface area contributed by atoms with Gasteiger partial charge in [-0.2, -0.15) is 13.2 Å². The molecule has 0 saturated carbocycles. The number of aromatic nitrogens is 2. The summed E-state index contributed by atoms with van der Waals surface area (Å²) in [7, 11) is 2.48. The number of halogens is 3. The summed E-state index contributed by atoms with van der Waals surface area (Å²) in [6, 6.07) is 5.44. The zero-order valence-electron chi connectivity index (χ0n) is 15.2. The fourth-order valence-corrected chi connectivity index (χ4v) is 2.41. The van der Waals surface area contributed by atoms with E-state index in [4.69, 9.17) is 0 Å². The van der Waals surface area contributed by atoms with Crippen LogP contribution in [-0.2, 0) is 18.9 Å². The molecule has 1 aromatic heterocycles. The molecule has 0 unspecified atom stereocenters. The molecule has 0 aliphatic carbocycles. The Bertz CT molecular complexity index is 1070. The van der Waals surface area contributed by atoms with E-state index in [0.717, 1.165) is 9.13 Å². The summed E-state index contributed by atoms with van der Waals surface area (Å²) in [6.07, 6.45) is -4.97. The molecular formula is C17H17F3N4O4. The number of nitrogens with one attached hydrogen (secondary N) is 1. The zero-order valence-corrected chi connectivity index (χ0v) is 15.2. The van der Waals surface area contributed by atoms with Crippen LogP contribution in [-0.4, -0.2) is 32.0 Å². The SMILES string of the molecule is CCC(=Nc1ccccc1NC(=O)C(F)(F)F)c1c(O)n(C)c(=O)n(C)c1=O. The molecule has 2 rings (SSSR count). The molecule has 2 aromatic rings. The summed E-state index contributed by atoms with van der Waals surface area (Å²) >= 11 is 0. The Kier molecular flexibility index (Phi) is 5.76. The van der Waals surface area contributed by atoms with Crippen LogP contribution in [0.1, 0.15) is 18.9 Å². The molecule has 0 radical (unpaired) electrons. The summed E-state index contributed by atoms with van der Waals surface area (Å²) in [4.78, 5) is 39.7. The van der Waals surface area contributed by atoms with Gasteiger partial charge >= 0.3 is 17.8 Å². The van der Waals surface area contributed by atoms with Crippen LogP contribution >= 0.6 is 0 Å². The Morgan fingerprint density at radius 1 is 1.18 bits per heavy atom. The normalized spacial score (nSPS) is 12.1. The third-order valence-corrected chi connectivity index (χ3v) is 3.92. The van der Waals surface area contributed by atoms with Gasteiger partial charge in [0.25, 0.3) is 5.56 Å². The maximum absolute atomic E-state index is 12.5. The van der Waals surface area contributed by atoms with E-state index in [9.17, 15) is 32.7 Å². The van der Waals surface area contributed by atoms with Crippen molar-refractivity contribution in [2.75, 3.05) is 5.32 Å². The van der Waals surface area contributed by atoms with E-state index in [1.165, 1.54) is 38.4 Å². The highest BCUT2D eigenvalue weighted by atomic mass is 19.4. The van der Waals surface area contributed by atoms with Crippen LogP contribution in [0.15, 0.2) is 38.8 Å². The molecule has 1 heterocycles. The predicted molar refractivity (Wildman–Crippen MR) is 96.2 cm³/mol. The van der Waals surface area contributed by atoms with Crippen LogP contribution < -0.4 is 16.6 Å². The molecule has 0 saturated heterocycles. The number of nitrogens with zero attached hydrogens (tertiary/aromatic N) is 3. The van der Waals surface area contributed by atoms with Gasteiger partial charge in [-0.25, -0.2) is 4.79 Å². The first kappa shape index (κ1) is 20.9. The quantitative estimate of drug-likeness (QED) is 0.767. The van der Waals surface area contributed by atoms with Gasteiger partial charge in [0.1, 0.15) is 5.56 Å². The third-order valence-electron chi connectivity index (χ3n) is 3.92. The summed E-state index contributed by atoms with van der Waals surface area (Å²) in [5, 5.41) is 12.0. The van der Waals surface area contributed by atoms with Gasteiger partial charge in [0, 0.05) is 14.1 Å². The van der Waals surface area contributed by atoms with Crippen molar-refractivity contribution in [1.82, 2.24) is 9.13 Å². The van der Waals surface area contributed by atoms with Crippen molar-refractivity contribution in [2.45, 2.75) is 19.5 Å². The molecule has 11 heteroatoms. The smallest absolute Gasteiger partial charge is 0.471 e. The number of benzene rings is 1. The number of amides is 1. The molecule has 0 fully saturated rings. The standard InChI is InChI=1S/C17H17F3N4O4/c1-4-9(12-13(25)23(2)16(28)24(3)14(12)26)21-10-7-5-6-8-11(10)22-15(27)17(18,19)20/h5-8,25H,4H2,1-3H3,(H,22,27). The Hall–Kier alpha value is -3.37. The van der Waals surface area contributed by atoms with Crippen LogP contribution in [0.3, 0.4) is 0 Å². The van der Waals surface area contributed by atoms with Gasteiger partial charge in [-0.1, -0.05) is 19.1 Å². The molecular weight excluding hydrogens is 381 g/mol. The van der Waals surface area contributed by atoms with Crippen LogP contribution in [0.4, 0.5) is 24.5 Å². The largest absolute Gasteiger partial charge is 0.494 e. The van der Waals surface area contributed by atoms with Crippen molar-refractivity contribution >= 4 is 23.0 Å². The first-order valence-corrected chi connectivity index (χ1v) is 8.03. The number of anilines is 1. The van der Waals surface area contributed by atoms with E-state index in [1.807, 2.05) is 0 Å². The van der Waals surface area contributed by atoms with E-state index in [0.29, 0.717) is 0 Å². The fraction of sp³-hybridized carbons (Fsp3) is 0.294. The number of hydrogen-bond donors (Lipinski definition) is 2. The Labute approximate surface area is 156 Å². The second-order valence-corrected chi connectivity index (χ2v) is 5.79. The van der Waals surface area contributed by atoms with E-state index in [2.05, 4.69) is 4.99 Å². The van der Waals surface area contributed by atoms with E-state index in [-0.39, 0.29) is 29.1 Å². The van der Waals surface area contributed by atoms with Gasteiger partial charge in [0.2, 0.25) is 5.88 Å². The molecule has 150 valence electrons. The Balaban J connectivity index is 2.64. The molecule has 0 atom stereocenters. The summed E-state index contributed by atoms with van der Waals surface area (Å²) in [5.74, 6) is -2.79. The average molecular weight is 398 g/mol. The zero-order chi connectivity index (χ0) is 21.2. The minimum Gasteiger partial charge on any atom is -0.494 e. The highest BCUT2D eigenvalue weighted by Gasteiger charge is 2.39. The monoisotopic (exact) mass is 398 g/mol. The lowest BCUT2D eigenvalue weighted by molar-refractivity contribution is -0.167. The van der Waals surface area contributed by atoms with Crippen molar-refractivity contribution < 1.29 is 23.1 Å². The first-order valence-electron chi connectivity index (χ1n) is 8.03. The highest BCUT2D eigenvalue weighted by Crippen LogP contribution is 2.28. The molecule has 0 spiro atoms. The molecule has 1 aromatic carbocycles. The van der Waals surface area contributed by atoms with Crippen LogP contribution in [0.25, 0.3) is 0 Å². The minimum atomic E-state index is -5.09. The van der Waals surface area contributed by atoms with Gasteiger partial charge in [0.15, 0.2) is 0 Å². The van der Waals surface area contributed by atoms with Crippen molar-refractivity contribution in [1.29, 1.82) is 0 Å². The number of para-hydroxylation sites is 2. The van der Waals surface area contributed by atoms with Gasteiger partial charge in [-0.15, -0.1) is 0 Å². The van der Waals surface area contributed by atoms with Crippen LogP contribution in [0, 0.1) is 0 Å².